The van der Waals surface area contributed by atoms with Gasteiger partial charge >= 0.3 is 0 Å². The van der Waals surface area contributed by atoms with Gasteiger partial charge in [0.15, 0.2) is 15.7 Å². The van der Waals surface area contributed by atoms with Crippen LogP contribution >= 0.6 is 0 Å². The van der Waals surface area contributed by atoms with Crippen molar-refractivity contribution in [2.75, 3.05) is 16.9 Å². The molecule has 1 aromatic carbocycles. The molecule has 0 amide bonds. The molecule has 32 heavy (non-hydrogen) atoms. The van der Waals surface area contributed by atoms with Crippen molar-refractivity contribution < 1.29 is 21.6 Å². The van der Waals surface area contributed by atoms with E-state index in [4.69, 9.17) is 0 Å². The number of benzene rings is 1. The van der Waals surface area contributed by atoms with Crippen LogP contribution in [0.2, 0.25) is 0 Å². The van der Waals surface area contributed by atoms with Crippen LogP contribution in [0.1, 0.15) is 26.5 Å². The molecule has 0 aliphatic carbocycles. The van der Waals surface area contributed by atoms with Gasteiger partial charge in [0, 0.05) is 37.0 Å². The first kappa shape index (κ1) is 23.4. The summed E-state index contributed by atoms with van der Waals surface area (Å²) in [6.45, 7) is 4.28. The highest BCUT2D eigenvalue weighted by Gasteiger charge is 2.28. The first-order chi connectivity index (χ1) is 14.8. The molecule has 0 unspecified atom stereocenters. The molecule has 3 rings (SSSR count). The third-order valence-electron chi connectivity index (χ3n) is 4.04. The molecule has 2 heterocycles. The van der Waals surface area contributed by atoms with E-state index in [0.717, 1.165) is 12.3 Å². The van der Waals surface area contributed by atoms with E-state index in [2.05, 4.69) is 30.6 Å². The topological polar surface area (TPSA) is 110 Å². The molecular formula is C20H21F3N6O2S. The Kier molecular flexibility index (Phi) is 6.35. The normalized spacial score (nSPS) is 12.1. The number of halogens is 3. The number of sulfone groups is 1. The molecule has 0 aliphatic heterocycles. The smallest absolute Gasteiger partial charge is 0.287 e. The number of pyridine rings is 1. The fourth-order valence-corrected chi connectivity index (χ4v) is 3.31. The quantitative estimate of drug-likeness (QED) is 0.534. The Morgan fingerprint density at radius 1 is 1.00 bits per heavy atom. The minimum atomic E-state index is -3.44. The molecule has 0 atom stereocenters. The zero-order valence-corrected chi connectivity index (χ0v) is 18.5. The van der Waals surface area contributed by atoms with Gasteiger partial charge in [0.05, 0.1) is 4.90 Å². The van der Waals surface area contributed by atoms with Crippen molar-refractivity contribution in [2.24, 2.45) is 0 Å². The van der Waals surface area contributed by atoms with Gasteiger partial charge in [0.2, 0.25) is 11.9 Å². The van der Waals surface area contributed by atoms with Crippen molar-refractivity contribution >= 4 is 27.4 Å². The fourth-order valence-electron chi connectivity index (χ4n) is 2.64. The van der Waals surface area contributed by atoms with E-state index in [0.29, 0.717) is 18.7 Å². The van der Waals surface area contributed by atoms with Crippen LogP contribution in [0, 0.1) is 5.82 Å². The van der Waals surface area contributed by atoms with E-state index >= 15 is 0 Å². The number of alkyl halides is 2. The van der Waals surface area contributed by atoms with Crippen LogP contribution < -0.4 is 10.6 Å². The van der Waals surface area contributed by atoms with E-state index in [-0.39, 0.29) is 34.4 Å². The highest BCUT2D eigenvalue weighted by Crippen LogP contribution is 2.28. The zero-order valence-electron chi connectivity index (χ0n) is 17.7. The van der Waals surface area contributed by atoms with Gasteiger partial charge in [-0.15, -0.1) is 0 Å². The average molecular weight is 466 g/mol. The first-order valence-corrected chi connectivity index (χ1v) is 11.4. The highest BCUT2D eigenvalue weighted by molar-refractivity contribution is 7.90. The summed E-state index contributed by atoms with van der Waals surface area (Å²) in [6.07, 6.45) is 1.08. The predicted molar refractivity (Wildman–Crippen MR) is 114 cm³/mol. The molecule has 170 valence electrons. The summed E-state index contributed by atoms with van der Waals surface area (Å²) >= 11 is 0. The summed E-state index contributed by atoms with van der Waals surface area (Å²) in [5, 5.41) is 5.83. The monoisotopic (exact) mass is 466 g/mol. The van der Waals surface area contributed by atoms with Gasteiger partial charge in [-0.2, -0.15) is 23.7 Å². The van der Waals surface area contributed by atoms with Crippen LogP contribution in [-0.2, 0) is 15.8 Å². The van der Waals surface area contributed by atoms with E-state index in [1.165, 1.54) is 18.2 Å². The van der Waals surface area contributed by atoms with Gasteiger partial charge in [0.1, 0.15) is 17.2 Å². The number of rotatable bonds is 7. The first-order valence-electron chi connectivity index (χ1n) is 9.47. The minimum Gasteiger partial charge on any atom is -0.352 e. The number of nitrogens with one attached hydrogen (secondary N) is 2. The number of aromatic nitrogens is 4. The Bertz CT molecular complexity index is 1250. The van der Waals surface area contributed by atoms with Gasteiger partial charge in [0.25, 0.3) is 5.92 Å². The lowest BCUT2D eigenvalue weighted by molar-refractivity contribution is 0.0125. The molecule has 0 saturated heterocycles. The Hall–Kier alpha value is -3.28. The number of nitrogens with zero attached hydrogens (tertiary/aromatic N) is 4. The molecule has 0 fully saturated rings. The van der Waals surface area contributed by atoms with Crippen molar-refractivity contribution in [3.63, 3.8) is 0 Å². The molecule has 2 aromatic heterocycles. The van der Waals surface area contributed by atoms with Crippen LogP contribution in [0.3, 0.4) is 0 Å². The van der Waals surface area contributed by atoms with Gasteiger partial charge in [-0.05, 0) is 32.0 Å². The highest BCUT2D eigenvalue weighted by atomic mass is 32.2. The average Bonchev–Trinajstić information content (AvgIpc) is 2.65. The van der Waals surface area contributed by atoms with Crippen LogP contribution in [0.4, 0.5) is 30.8 Å². The van der Waals surface area contributed by atoms with Crippen molar-refractivity contribution in [3.8, 4) is 11.5 Å². The Morgan fingerprint density at radius 2 is 1.69 bits per heavy atom. The van der Waals surface area contributed by atoms with Crippen LogP contribution in [-0.4, -0.2) is 40.7 Å². The Morgan fingerprint density at radius 3 is 2.31 bits per heavy atom. The van der Waals surface area contributed by atoms with Crippen molar-refractivity contribution in [3.05, 3.63) is 47.9 Å². The summed E-state index contributed by atoms with van der Waals surface area (Å²) in [5.74, 6) is -4.34. The number of hydrogen-bond acceptors (Lipinski definition) is 8. The second-order valence-electron chi connectivity index (χ2n) is 7.47. The second kappa shape index (κ2) is 8.69. The zero-order chi connectivity index (χ0) is 23.7. The third-order valence-corrected chi connectivity index (χ3v) is 5.15. The molecule has 12 heteroatoms. The second-order valence-corrected chi connectivity index (χ2v) is 9.49. The molecule has 0 spiro atoms. The summed E-state index contributed by atoms with van der Waals surface area (Å²) in [6, 6.07) is 7.48. The minimum absolute atomic E-state index is 0.0142. The van der Waals surface area contributed by atoms with E-state index < -0.39 is 27.3 Å². The molecule has 0 radical (unpaired) electrons. The molecule has 0 aliphatic rings. The maximum atomic E-state index is 14.0. The summed E-state index contributed by atoms with van der Waals surface area (Å²) < 4.78 is 65.1. The van der Waals surface area contributed by atoms with Crippen LogP contribution in [0.15, 0.2) is 41.3 Å². The summed E-state index contributed by atoms with van der Waals surface area (Å²) in [4.78, 5) is 16.4. The summed E-state index contributed by atoms with van der Waals surface area (Å²) in [5.41, 5.74) is -0.598. The maximum Gasteiger partial charge on any atom is 0.287 e. The van der Waals surface area contributed by atoms with Crippen molar-refractivity contribution in [1.82, 2.24) is 19.9 Å². The van der Waals surface area contributed by atoms with Crippen LogP contribution in [0.25, 0.3) is 11.5 Å². The SMILES string of the molecule is CC(C)Nc1nc(Nc2cccc(S(C)(=O)=O)c2)nc(-c2cc(F)cc(C(C)(F)F)n2)n1. The van der Waals surface area contributed by atoms with Gasteiger partial charge in [-0.25, -0.2) is 17.8 Å². The lowest BCUT2D eigenvalue weighted by Crippen LogP contribution is -2.15. The van der Waals surface area contributed by atoms with E-state index in [1.54, 1.807) is 6.07 Å². The number of anilines is 3. The molecule has 8 nitrogen and oxygen atoms in total. The van der Waals surface area contributed by atoms with E-state index in [1.807, 2.05) is 13.8 Å². The maximum absolute atomic E-state index is 14.0. The van der Waals surface area contributed by atoms with Crippen molar-refractivity contribution in [2.45, 2.75) is 37.6 Å². The van der Waals surface area contributed by atoms with Gasteiger partial charge in [-0.1, -0.05) is 6.07 Å². The van der Waals surface area contributed by atoms with Crippen LogP contribution in [0.5, 0.6) is 0 Å². The number of hydrogen-bond donors (Lipinski definition) is 2. The fraction of sp³-hybridized carbons (Fsp3) is 0.300. The Labute approximate surface area is 183 Å². The van der Waals surface area contributed by atoms with E-state index in [9.17, 15) is 21.6 Å². The lowest BCUT2D eigenvalue weighted by Gasteiger charge is -2.14. The molecular weight excluding hydrogens is 445 g/mol. The largest absolute Gasteiger partial charge is 0.352 e. The summed E-state index contributed by atoms with van der Waals surface area (Å²) in [7, 11) is -3.44. The van der Waals surface area contributed by atoms with Gasteiger partial charge in [-0.3, -0.25) is 0 Å². The predicted octanol–water partition coefficient (Wildman–Crippen LogP) is 4.15. The molecule has 0 saturated carbocycles. The van der Waals surface area contributed by atoms with Crippen molar-refractivity contribution in [1.29, 1.82) is 0 Å². The standard InChI is InChI=1S/C20H21F3N6O2S/c1-11(2)24-18-27-17(15-8-12(21)9-16(26-15)20(3,22)23)28-19(29-18)25-13-6-5-7-14(10-13)32(4,30)31/h5-11H,1-4H3,(H2,24,25,27,28,29). The lowest BCUT2D eigenvalue weighted by atomic mass is 10.2. The molecule has 3 aromatic rings. The third kappa shape index (κ3) is 5.90. The van der Waals surface area contributed by atoms with Gasteiger partial charge < -0.3 is 10.6 Å². The molecule has 0 bridgehead atoms. The Balaban J connectivity index is 2.08. The molecule has 2 N–H and O–H groups in total.